The van der Waals surface area contributed by atoms with Crippen molar-refractivity contribution in [3.05, 3.63) is 77.9 Å². The number of nitrogens with one attached hydrogen (secondary N) is 1. The van der Waals surface area contributed by atoms with Crippen molar-refractivity contribution in [3.63, 3.8) is 0 Å². The molecule has 1 N–H and O–H groups in total. The second kappa shape index (κ2) is 7.58. The average molecular weight is 309 g/mol. The van der Waals surface area contributed by atoms with Crippen LogP contribution in [0.1, 0.15) is 29.7 Å². The number of carbonyl (C=O) groups is 1. The highest BCUT2D eigenvalue weighted by atomic mass is 16.1. The van der Waals surface area contributed by atoms with Gasteiger partial charge in [-0.3, -0.25) is 4.79 Å². The largest absolute Gasteiger partial charge is 0.347 e. The molecule has 120 valence electrons. The first-order valence-electron chi connectivity index (χ1n) is 7.66. The minimum absolute atomic E-state index is 0.148. The van der Waals surface area contributed by atoms with Crippen LogP contribution in [-0.4, -0.2) is 15.5 Å². The Labute approximate surface area is 137 Å². The van der Waals surface area contributed by atoms with Gasteiger partial charge in [0.05, 0.1) is 12.2 Å². The number of nitrogens with zero attached hydrogens (tertiary/aromatic N) is 2. The van der Waals surface area contributed by atoms with Crippen molar-refractivity contribution in [2.24, 2.45) is 0 Å². The molecule has 0 bridgehead atoms. The zero-order valence-electron chi connectivity index (χ0n) is 13.8. The van der Waals surface area contributed by atoms with Gasteiger partial charge in [0.15, 0.2) is 0 Å². The van der Waals surface area contributed by atoms with Gasteiger partial charge >= 0.3 is 0 Å². The monoisotopic (exact) mass is 309 g/mol. The first-order chi connectivity index (χ1) is 11.0. The van der Waals surface area contributed by atoms with Crippen molar-refractivity contribution in [2.75, 3.05) is 0 Å². The summed E-state index contributed by atoms with van der Waals surface area (Å²) in [6, 6.07) is 10.3. The summed E-state index contributed by atoms with van der Waals surface area (Å²) in [5.74, 6) is 0.787. The van der Waals surface area contributed by atoms with Crippen molar-refractivity contribution in [3.8, 4) is 0 Å². The lowest BCUT2D eigenvalue weighted by atomic mass is 10.2. The van der Waals surface area contributed by atoms with E-state index < -0.39 is 0 Å². The van der Waals surface area contributed by atoms with E-state index in [9.17, 15) is 4.79 Å². The fourth-order valence-electron chi connectivity index (χ4n) is 2.47. The summed E-state index contributed by atoms with van der Waals surface area (Å²) >= 11 is 0. The highest BCUT2D eigenvalue weighted by Gasteiger charge is 2.14. The summed E-state index contributed by atoms with van der Waals surface area (Å²) in [4.78, 5) is 16.3. The number of amides is 1. The first kappa shape index (κ1) is 16.7. The van der Waals surface area contributed by atoms with E-state index in [1.165, 1.54) is 5.56 Å². The zero-order valence-corrected chi connectivity index (χ0v) is 13.8. The molecule has 0 unspecified atom stereocenters. The van der Waals surface area contributed by atoms with E-state index in [0.717, 1.165) is 23.8 Å². The third kappa shape index (κ3) is 4.19. The highest BCUT2D eigenvalue weighted by molar-refractivity contribution is 5.91. The molecule has 1 heterocycles. The molecule has 0 saturated heterocycles. The van der Waals surface area contributed by atoms with E-state index in [2.05, 4.69) is 40.2 Å². The SMILES string of the molecule is C=CCc1c(CNC(=O)C(=C)C)nc(C)n1Cc1ccccc1. The Hall–Kier alpha value is -2.62. The maximum Gasteiger partial charge on any atom is 0.246 e. The van der Waals surface area contributed by atoms with E-state index in [0.29, 0.717) is 18.5 Å². The van der Waals surface area contributed by atoms with Gasteiger partial charge < -0.3 is 9.88 Å². The maximum atomic E-state index is 11.7. The van der Waals surface area contributed by atoms with Crippen LogP contribution >= 0.6 is 0 Å². The highest BCUT2D eigenvalue weighted by Crippen LogP contribution is 2.16. The topological polar surface area (TPSA) is 46.9 Å². The number of allylic oxidation sites excluding steroid dienone is 1. The van der Waals surface area contributed by atoms with Crippen LogP contribution in [0.5, 0.6) is 0 Å². The lowest BCUT2D eigenvalue weighted by molar-refractivity contribution is -0.117. The van der Waals surface area contributed by atoms with Gasteiger partial charge in [-0.05, 0) is 19.4 Å². The molecule has 0 spiro atoms. The molecule has 0 atom stereocenters. The van der Waals surface area contributed by atoms with Gasteiger partial charge in [-0.2, -0.15) is 0 Å². The summed E-state index contributed by atoms with van der Waals surface area (Å²) in [6.45, 7) is 12.3. The van der Waals surface area contributed by atoms with Crippen LogP contribution in [0.4, 0.5) is 0 Å². The summed E-state index contributed by atoms with van der Waals surface area (Å²) in [7, 11) is 0. The van der Waals surface area contributed by atoms with Crippen molar-refractivity contribution < 1.29 is 4.79 Å². The predicted octanol–water partition coefficient (Wildman–Crippen LogP) is 3.16. The summed E-state index contributed by atoms with van der Waals surface area (Å²) < 4.78 is 2.18. The molecule has 0 fully saturated rings. The Morgan fingerprint density at radius 3 is 2.65 bits per heavy atom. The van der Waals surface area contributed by atoms with E-state index in [1.807, 2.05) is 31.2 Å². The molecule has 0 aliphatic heterocycles. The molecule has 1 amide bonds. The van der Waals surface area contributed by atoms with Gasteiger partial charge in [-0.25, -0.2) is 4.98 Å². The van der Waals surface area contributed by atoms with Crippen LogP contribution in [0.2, 0.25) is 0 Å². The van der Waals surface area contributed by atoms with Gasteiger partial charge in [0.25, 0.3) is 0 Å². The lowest BCUT2D eigenvalue weighted by Crippen LogP contribution is -2.24. The van der Waals surface area contributed by atoms with Crippen LogP contribution in [0.3, 0.4) is 0 Å². The molecule has 1 aromatic heterocycles. The van der Waals surface area contributed by atoms with Gasteiger partial charge in [0.2, 0.25) is 5.91 Å². The molecule has 2 rings (SSSR count). The second-order valence-electron chi connectivity index (χ2n) is 5.58. The molecule has 0 saturated carbocycles. The van der Waals surface area contributed by atoms with Crippen molar-refractivity contribution in [1.29, 1.82) is 0 Å². The van der Waals surface area contributed by atoms with Crippen LogP contribution in [0.25, 0.3) is 0 Å². The molecule has 4 heteroatoms. The molecular formula is C19H23N3O. The molecule has 23 heavy (non-hydrogen) atoms. The number of aryl methyl sites for hydroxylation is 1. The van der Waals surface area contributed by atoms with Gasteiger partial charge in [-0.1, -0.05) is 43.0 Å². The fraction of sp³-hybridized carbons (Fsp3) is 0.263. The van der Waals surface area contributed by atoms with Crippen LogP contribution < -0.4 is 5.32 Å². The molecule has 4 nitrogen and oxygen atoms in total. The molecule has 1 aromatic carbocycles. The Bertz CT molecular complexity index is 714. The van der Waals surface area contributed by atoms with Crippen LogP contribution in [0.15, 0.2) is 55.1 Å². The third-order valence-electron chi connectivity index (χ3n) is 3.67. The van der Waals surface area contributed by atoms with Crippen molar-refractivity contribution in [2.45, 2.75) is 33.4 Å². The van der Waals surface area contributed by atoms with Crippen LogP contribution in [0, 0.1) is 6.92 Å². The van der Waals surface area contributed by atoms with Crippen molar-refractivity contribution >= 4 is 5.91 Å². The second-order valence-corrected chi connectivity index (χ2v) is 5.58. The van der Waals surface area contributed by atoms with E-state index in [-0.39, 0.29) is 5.91 Å². The van der Waals surface area contributed by atoms with E-state index in [1.54, 1.807) is 6.92 Å². The van der Waals surface area contributed by atoms with Crippen LogP contribution in [-0.2, 0) is 24.3 Å². The predicted molar refractivity (Wildman–Crippen MR) is 93.1 cm³/mol. The van der Waals surface area contributed by atoms with Gasteiger partial charge in [0.1, 0.15) is 5.82 Å². The Balaban J connectivity index is 2.26. The zero-order chi connectivity index (χ0) is 16.8. The number of benzene rings is 1. The average Bonchev–Trinajstić information content (AvgIpc) is 2.82. The normalized spacial score (nSPS) is 10.3. The van der Waals surface area contributed by atoms with E-state index in [4.69, 9.17) is 0 Å². The standard InChI is InChI=1S/C19H23N3O/c1-5-9-18-17(12-20-19(23)14(2)3)21-15(4)22(18)13-16-10-7-6-8-11-16/h5-8,10-11H,1-2,9,12-13H2,3-4H3,(H,20,23). The Kier molecular flexibility index (Phi) is 5.52. The minimum atomic E-state index is -0.148. The smallest absolute Gasteiger partial charge is 0.246 e. The third-order valence-corrected chi connectivity index (χ3v) is 3.67. The number of hydrogen-bond acceptors (Lipinski definition) is 2. The summed E-state index contributed by atoms with van der Waals surface area (Å²) in [6.07, 6.45) is 2.58. The van der Waals surface area contributed by atoms with E-state index >= 15 is 0 Å². The molecular weight excluding hydrogens is 286 g/mol. The summed E-state index contributed by atoms with van der Waals surface area (Å²) in [5.41, 5.74) is 3.68. The number of rotatable bonds is 7. The minimum Gasteiger partial charge on any atom is -0.347 e. The van der Waals surface area contributed by atoms with Gasteiger partial charge in [-0.15, -0.1) is 6.58 Å². The Morgan fingerprint density at radius 1 is 1.35 bits per heavy atom. The number of carbonyl (C=O) groups excluding carboxylic acids is 1. The first-order valence-corrected chi connectivity index (χ1v) is 7.66. The number of hydrogen-bond donors (Lipinski definition) is 1. The van der Waals surface area contributed by atoms with Gasteiger partial charge in [0, 0.05) is 24.2 Å². The molecule has 0 radical (unpaired) electrons. The summed E-state index contributed by atoms with van der Waals surface area (Å²) in [5, 5.41) is 2.85. The van der Waals surface area contributed by atoms with Crippen molar-refractivity contribution in [1.82, 2.24) is 14.9 Å². The fourth-order valence-corrected chi connectivity index (χ4v) is 2.47. The number of aromatic nitrogens is 2. The lowest BCUT2D eigenvalue weighted by Gasteiger charge is -2.11. The quantitative estimate of drug-likeness (QED) is 0.631. The maximum absolute atomic E-state index is 11.7. The molecule has 0 aliphatic rings. The Morgan fingerprint density at radius 2 is 2.04 bits per heavy atom. The number of imidazole rings is 1. The molecule has 0 aliphatic carbocycles. The molecule has 2 aromatic rings.